The number of allylic oxidation sites excluding steroid dienone is 1. The van der Waals surface area contributed by atoms with Gasteiger partial charge in [-0.1, -0.05) is 30.3 Å². The van der Waals surface area contributed by atoms with Gasteiger partial charge in [-0.3, -0.25) is 0 Å². The molecule has 0 aliphatic heterocycles. The summed E-state index contributed by atoms with van der Waals surface area (Å²) in [7, 11) is 2.71. The average Bonchev–Trinajstić information content (AvgIpc) is 1.94. The van der Waals surface area contributed by atoms with Gasteiger partial charge in [-0.15, -0.1) is 28.2 Å². The molecule has 0 radical (unpaired) electrons. The van der Waals surface area contributed by atoms with Gasteiger partial charge in [0.05, 0.1) is 0 Å². The van der Waals surface area contributed by atoms with Gasteiger partial charge in [-0.2, -0.15) is 0 Å². The number of hydrogen-bond acceptors (Lipinski definition) is 0. The minimum atomic E-state index is 0. The Hall–Kier alpha value is -0.320. The molecule has 0 bridgehead atoms. The second-order valence-corrected chi connectivity index (χ2v) is 2.81. The van der Waals surface area contributed by atoms with E-state index in [0.717, 1.165) is 6.42 Å². The predicted octanol–water partition coefficient (Wildman–Crippen LogP) is 2.34. The van der Waals surface area contributed by atoms with Gasteiger partial charge in [0.25, 0.3) is 0 Å². The van der Waals surface area contributed by atoms with Crippen LogP contribution in [0.5, 0.6) is 0 Å². The lowest BCUT2D eigenvalue weighted by atomic mass is 10.1. The quantitative estimate of drug-likeness (QED) is 0.491. The van der Waals surface area contributed by atoms with Gasteiger partial charge >= 0.3 is 0 Å². The van der Waals surface area contributed by atoms with E-state index in [1.165, 1.54) is 10.9 Å². The van der Waals surface area contributed by atoms with E-state index in [0.29, 0.717) is 0 Å². The molecule has 0 nitrogen and oxygen atoms in total. The number of benzene rings is 1. The SMILES string of the molecule is C=CCc1ccccc1P.Cl. The van der Waals surface area contributed by atoms with Crippen molar-refractivity contribution < 1.29 is 0 Å². The normalized spacial score (nSPS) is 8.45. The third-order valence-electron chi connectivity index (χ3n) is 1.42. The molecule has 1 aromatic rings. The van der Waals surface area contributed by atoms with E-state index in [1.54, 1.807) is 0 Å². The van der Waals surface area contributed by atoms with E-state index in [2.05, 4.69) is 28.0 Å². The molecule has 11 heavy (non-hydrogen) atoms. The summed E-state index contributed by atoms with van der Waals surface area (Å²) in [6.07, 6.45) is 2.88. The maximum absolute atomic E-state index is 3.69. The summed E-state index contributed by atoms with van der Waals surface area (Å²) in [5, 5.41) is 1.27. The highest BCUT2D eigenvalue weighted by atomic mass is 35.5. The molecular weight excluding hydrogens is 175 g/mol. The number of hydrogen-bond donors (Lipinski definition) is 0. The van der Waals surface area contributed by atoms with Crippen LogP contribution in [0.2, 0.25) is 0 Å². The first-order valence-corrected chi connectivity index (χ1v) is 3.86. The minimum Gasteiger partial charge on any atom is -0.147 e. The maximum Gasteiger partial charge on any atom is -0.00940 e. The van der Waals surface area contributed by atoms with Crippen molar-refractivity contribution in [3.63, 3.8) is 0 Å². The van der Waals surface area contributed by atoms with Gasteiger partial charge in [-0.25, -0.2) is 0 Å². The third kappa shape index (κ3) is 3.05. The Labute approximate surface area is 76.3 Å². The molecule has 0 aliphatic carbocycles. The van der Waals surface area contributed by atoms with E-state index < -0.39 is 0 Å². The van der Waals surface area contributed by atoms with Crippen LogP contribution in [0.3, 0.4) is 0 Å². The van der Waals surface area contributed by atoms with E-state index >= 15 is 0 Å². The van der Waals surface area contributed by atoms with Gasteiger partial charge in [0.15, 0.2) is 0 Å². The van der Waals surface area contributed by atoms with Gasteiger partial charge in [-0.05, 0) is 17.3 Å². The minimum absolute atomic E-state index is 0. The van der Waals surface area contributed by atoms with Crippen molar-refractivity contribution in [2.24, 2.45) is 0 Å². The molecule has 0 saturated heterocycles. The molecule has 0 N–H and O–H groups in total. The van der Waals surface area contributed by atoms with Crippen molar-refractivity contribution in [3.8, 4) is 0 Å². The smallest absolute Gasteiger partial charge is 0.00940 e. The van der Waals surface area contributed by atoms with Crippen LogP contribution in [0.15, 0.2) is 36.9 Å². The zero-order valence-electron chi connectivity index (χ0n) is 6.29. The Morgan fingerprint density at radius 1 is 1.36 bits per heavy atom. The Balaban J connectivity index is 0.000001000. The number of rotatable bonds is 2. The topological polar surface area (TPSA) is 0 Å². The fourth-order valence-corrected chi connectivity index (χ4v) is 1.20. The highest BCUT2D eigenvalue weighted by molar-refractivity contribution is 7.27. The fraction of sp³-hybridized carbons (Fsp3) is 0.111. The Bertz CT molecular complexity index is 233. The van der Waals surface area contributed by atoms with Crippen LogP contribution >= 0.6 is 21.6 Å². The van der Waals surface area contributed by atoms with E-state index in [-0.39, 0.29) is 12.4 Å². The van der Waals surface area contributed by atoms with Crippen LogP contribution in [-0.4, -0.2) is 0 Å². The van der Waals surface area contributed by atoms with Crippen LogP contribution < -0.4 is 5.30 Å². The molecule has 0 spiro atoms. The predicted molar refractivity (Wildman–Crippen MR) is 56.9 cm³/mol. The van der Waals surface area contributed by atoms with Gasteiger partial charge in [0, 0.05) is 0 Å². The first kappa shape index (κ1) is 10.7. The second-order valence-electron chi connectivity index (χ2n) is 2.19. The molecule has 0 aliphatic rings. The summed E-state index contributed by atoms with van der Waals surface area (Å²) in [6.45, 7) is 3.69. The Morgan fingerprint density at radius 3 is 2.55 bits per heavy atom. The molecular formula is C9H12ClP. The van der Waals surface area contributed by atoms with E-state index in [4.69, 9.17) is 0 Å². The van der Waals surface area contributed by atoms with Crippen LogP contribution in [-0.2, 0) is 6.42 Å². The lowest BCUT2D eigenvalue weighted by molar-refractivity contribution is 1.30. The maximum atomic E-state index is 3.69. The molecule has 60 valence electrons. The van der Waals surface area contributed by atoms with Gasteiger partial charge in [0.2, 0.25) is 0 Å². The van der Waals surface area contributed by atoms with Crippen molar-refractivity contribution in [1.29, 1.82) is 0 Å². The molecule has 1 atom stereocenters. The summed E-state index contributed by atoms with van der Waals surface area (Å²) in [6, 6.07) is 8.29. The lowest BCUT2D eigenvalue weighted by Gasteiger charge is -1.99. The van der Waals surface area contributed by atoms with Crippen LogP contribution in [0.1, 0.15) is 5.56 Å². The van der Waals surface area contributed by atoms with E-state index in [9.17, 15) is 0 Å². The van der Waals surface area contributed by atoms with Crippen molar-refractivity contribution in [2.75, 3.05) is 0 Å². The molecule has 0 saturated carbocycles. The highest BCUT2D eigenvalue weighted by Crippen LogP contribution is 2.01. The first-order chi connectivity index (χ1) is 4.84. The molecule has 0 fully saturated rings. The Kier molecular flexibility index (Phi) is 5.19. The van der Waals surface area contributed by atoms with Crippen molar-refractivity contribution in [1.82, 2.24) is 0 Å². The van der Waals surface area contributed by atoms with Crippen LogP contribution in [0.4, 0.5) is 0 Å². The third-order valence-corrected chi connectivity index (χ3v) is 1.98. The largest absolute Gasteiger partial charge is 0.147 e. The number of halogens is 1. The summed E-state index contributed by atoms with van der Waals surface area (Å²) < 4.78 is 0. The molecule has 0 amide bonds. The molecule has 0 heterocycles. The average molecular weight is 187 g/mol. The monoisotopic (exact) mass is 186 g/mol. The summed E-state index contributed by atoms with van der Waals surface area (Å²) in [4.78, 5) is 0. The van der Waals surface area contributed by atoms with Crippen molar-refractivity contribution in [2.45, 2.75) is 6.42 Å². The first-order valence-electron chi connectivity index (χ1n) is 3.29. The summed E-state index contributed by atoms with van der Waals surface area (Å²) >= 11 is 0. The summed E-state index contributed by atoms with van der Waals surface area (Å²) in [5.41, 5.74) is 1.34. The van der Waals surface area contributed by atoms with Crippen LogP contribution in [0.25, 0.3) is 0 Å². The zero-order chi connectivity index (χ0) is 7.40. The summed E-state index contributed by atoms with van der Waals surface area (Å²) in [5.74, 6) is 0. The second kappa shape index (κ2) is 5.35. The standard InChI is InChI=1S/C9H11P.ClH/c1-2-5-8-6-3-4-7-9(8)10;/h2-4,6-7H,1,5,10H2;1H. The van der Waals surface area contributed by atoms with Crippen molar-refractivity contribution >= 4 is 27.0 Å². The van der Waals surface area contributed by atoms with Crippen molar-refractivity contribution in [3.05, 3.63) is 42.5 Å². The molecule has 0 aromatic heterocycles. The van der Waals surface area contributed by atoms with Crippen LogP contribution in [0, 0.1) is 0 Å². The molecule has 2 heteroatoms. The molecule has 1 rings (SSSR count). The van der Waals surface area contributed by atoms with E-state index in [1.807, 2.05) is 18.2 Å². The molecule has 1 aromatic carbocycles. The van der Waals surface area contributed by atoms with Gasteiger partial charge in [0.1, 0.15) is 0 Å². The zero-order valence-corrected chi connectivity index (χ0v) is 8.26. The lowest BCUT2D eigenvalue weighted by Crippen LogP contribution is -1.98. The molecule has 1 unspecified atom stereocenters. The Morgan fingerprint density at radius 2 is 2.00 bits per heavy atom. The highest BCUT2D eigenvalue weighted by Gasteiger charge is 1.91. The van der Waals surface area contributed by atoms with Gasteiger partial charge < -0.3 is 0 Å². The fourth-order valence-electron chi connectivity index (χ4n) is 0.876.